The van der Waals surface area contributed by atoms with Gasteiger partial charge in [-0.2, -0.15) is 0 Å². The van der Waals surface area contributed by atoms with Gasteiger partial charge < -0.3 is 30.3 Å². The van der Waals surface area contributed by atoms with E-state index in [9.17, 15) is 15.3 Å². The Balaban J connectivity index is 1.23. The summed E-state index contributed by atoms with van der Waals surface area (Å²) in [7, 11) is 0. The number of aliphatic hydroxyl groups is 2. The second-order valence-corrected chi connectivity index (χ2v) is 8.71. The molecule has 1 aliphatic rings. The molecule has 4 rings (SSSR count). The van der Waals surface area contributed by atoms with E-state index in [2.05, 4.69) is 31.6 Å². The number of ether oxygens (including phenoxy) is 1. The molecule has 8 nitrogen and oxygen atoms in total. The second kappa shape index (κ2) is 9.78. The highest BCUT2D eigenvalue weighted by molar-refractivity contribution is 7.16. The third-order valence-corrected chi connectivity index (χ3v) is 6.32. The van der Waals surface area contributed by atoms with Crippen LogP contribution in [0, 0.1) is 6.92 Å². The fourth-order valence-electron chi connectivity index (χ4n) is 3.81. The third kappa shape index (κ3) is 5.24. The Bertz CT molecular complexity index is 1020. The van der Waals surface area contributed by atoms with Crippen LogP contribution in [0.4, 0.5) is 5.82 Å². The topological polar surface area (TPSA) is 111 Å². The van der Waals surface area contributed by atoms with E-state index in [1.807, 2.05) is 6.92 Å². The molecule has 3 aromatic rings. The van der Waals surface area contributed by atoms with Gasteiger partial charge >= 0.3 is 0 Å². The molecule has 3 heterocycles. The Hall–Kier alpha value is -2.46. The number of aliphatic hydroxyl groups excluding tert-OH is 2. The molecular weight excluding hydrogens is 416 g/mol. The van der Waals surface area contributed by atoms with Crippen molar-refractivity contribution in [2.24, 2.45) is 0 Å². The fourth-order valence-corrected chi connectivity index (χ4v) is 4.62. The Labute approximate surface area is 185 Å². The average molecular weight is 445 g/mol. The minimum Gasteiger partial charge on any atom is -0.508 e. The van der Waals surface area contributed by atoms with Crippen molar-refractivity contribution in [1.82, 2.24) is 15.3 Å². The standard InChI is InChI=1S/C22H28N4O4S/c1-14-24-21(19-6-9-31-22(19)25-14)26-7-4-16(5-8-26)23-11-17(28)13-30-18-2-3-20(29)15(10-18)12-27/h2-3,6,9-10,16-17,23,27-29H,4-5,7-8,11-13H2,1H3. The maximum absolute atomic E-state index is 10.3. The smallest absolute Gasteiger partial charge is 0.141 e. The summed E-state index contributed by atoms with van der Waals surface area (Å²) in [6, 6.07) is 7.09. The van der Waals surface area contributed by atoms with Crippen LogP contribution in [0.15, 0.2) is 29.6 Å². The predicted octanol–water partition coefficient (Wildman–Crippen LogP) is 2.20. The van der Waals surface area contributed by atoms with E-state index in [1.54, 1.807) is 23.5 Å². The third-order valence-electron chi connectivity index (χ3n) is 5.52. The minimum absolute atomic E-state index is 0.0280. The van der Waals surface area contributed by atoms with Crippen LogP contribution in [-0.2, 0) is 6.61 Å². The van der Waals surface area contributed by atoms with E-state index >= 15 is 0 Å². The second-order valence-electron chi connectivity index (χ2n) is 7.82. The summed E-state index contributed by atoms with van der Waals surface area (Å²) in [6.45, 7) is 4.06. The maximum Gasteiger partial charge on any atom is 0.141 e. The lowest BCUT2D eigenvalue weighted by Gasteiger charge is -2.34. The van der Waals surface area contributed by atoms with Crippen LogP contribution in [0.25, 0.3) is 10.2 Å². The first kappa shape index (κ1) is 21.8. The van der Waals surface area contributed by atoms with Gasteiger partial charge in [0, 0.05) is 31.2 Å². The lowest BCUT2D eigenvalue weighted by Crippen LogP contribution is -2.45. The van der Waals surface area contributed by atoms with Crippen molar-refractivity contribution in [3.05, 3.63) is 41.0 Å². The number of nitrogens with zero attached hydrogens (tertiary/aromatic N) is 3. The van der Waals surface area contributed by atoms with Gasteiger partial charge in [-0.25, -0.2) is 9.97 Å². The Morgan fingerprint density at radius 1 is 1.26 bits per heavy atom. The monoisotopic (exact) mass is 444 g/mol. The molecule has 1 fully saturated rings. The molecule has 1 aliphatic heterocycles. The van der Waals surface area contributed by atoms with Crippen molar-refractivity contribution in [1.29, 1.82) is 0 Å². The molecule has 1 unspecified atom stereocenters. The van der Waals surface area contributed by atoms with Crippen molar-refractivity contribution in [3.63, 3.8) is 0 Å². The molecule has 0 radical (unpaired) electrons. The van der Waals surface area contributed by atoms with Gasteiger partial charge in [0.05, 0.1) is 12.0 Å². The normalized spacial score (nSPS) is 16.0. The van der Waals surface area contributed by atoms with Crippen molar-refractivity contribution in [2.75, 3.05) is 31.1 Å². The van der Waals surface area contributed by atoms with Crippen molar-refractivity contribution >= 4 is 27.4 Å². The minimum atomic E-state index is -0.653. The molecule has 1 aromatic carbocycles. The number of hydrogen-bond donors (Lipinski definition) is 4. The van der Waals surface area contributed by atoms with Gasteiger partial charge in [0.2, 0.25) is 0 Å². The highest BCUT2D eigenvalue weighted by Crippen LogP contribution is 2.29. The number of nitrogens with one attached hydrogen (secondary N) is 1. The lowest BCUT2D eigenvalue weighted by molar-refractivity contribution is 0.102. The zero-order valence-electron chi connectivity index (χ0n) is 17.5. The first-order valence-electron chi connectivity index (χ1n) is 10.5. The Kier molecular flexibility index (Phi) is 6.86. The molecule has 0 bridgehead atoms. The number of aromatic hydroxyl groups is 1. The Morgan fingerprint density at radius 3 is 2.84 bits per heavy atom. The van der Waals surface area contributed by atoms with Crippen LogP contribution < -0.4 is 15.0 Å². The van der Waals surface area contributed by atoms with Gasteiger partial charge in [-0.15, -0.1) is 11.3 Å². The average Bonchev–Trinajstić information content (AvgIpc) is 3.25. The summed E-state index contributed by atoms with van der Waals surface area (Å²) in [6.07, 6.45) is 1.29. The number of anilines is 1. The van der Waals surface area contributed by atoms with E-state index in [0.29, 0.717) is 23.9 Å². The number of fused-ring (bicyclic) bond motifs is 1. The number of aryl methyl sites for hydroxylation is 1. The van der Waals surface area contributed by atoms with Crippen LogP contribution in [0.2, 0.25) is 0 Å². The number of aromatic nitrogens is 2. The SMILES string of the molecule is Cc1nc(N2CCC(NCC(O)COc3ccc(O)c(CO)c3)CC2)c2ccsc2n1. The lowest BCUT2D eigenvalue weighted by atomic mass is 10.0. The van der Waals surface area contributed by atoms with Gasteiger partial charge in [0.25, 0.3) is 0 Å². The summed E-state index contributed by atoms with van der Waals surface area (Å²) >= 11 is 1.64. The van der Waals surface area contributed by atoms with Crippen molar-refractivity contribution in [2.45, 2.75) is 38.5 Å². The van der Waals surface area contributed by atoms with Crippen molar-refractivity contribution < 1.29 is 20.1 Å². The van der Waals surface area contributed by atoms with Gasteiger partial charge in [0.1, 0.15) is 40.7 Å². The summed E-state index contributed by atoms with van der Waals surface area (Å²) in [4.78, 5) is 12.6. The molecular formula is C22H28N4O4S. The molecule has 4 N–H and O–H groups in total. The molecule has 0 amide bonds. The summed E-state index contributed by atoms with van der Waals surface area (Å²) in [5, 5.41) is 35.7. The number of rotatable bonds is 8. The van der Waals surface area contributed by atoms with Gasteiger partial charge in [-0.1, -0.05) is 0 Å². The van der Waals surface area contributed by atoms with Gasteiger partial charge in [-0.05, 0) is 49.4 Å². The highest BCUT2D eigenvalue weighted by Gasteiger charge is 2.22. The number of hydrogen-bond acceptors (Lipinski definition) is 9. The van der Waals surface area contributed by atoms with E-state index in [1.165, 1.54) is 6.07 Å². The highest BCUT2D eigenvalue weighted by atomic mass is 32.1. The molecule has 0 spiro atoms. The molecule has 1 atom stereocenters. The van der Waals surface area contributed by atoms with E-state index in [4.69, 9.17) is 4.74 Å². The first-order valence-corrected chi connectivity index (χ1v) is 11.3. The fraction of sp³-hybridized carbons (Fsp3) is 0.455. The molecule has 9 heteroatoms. The summed E-state index contributed by atoms with van der Waals surface area (Å²) < 4.78 is 5.59. The van der Waals surface area contributed by atoms with E-state index in [0.717, 1.165) is 47.8 Å². The number of benzene rings is 1. The van der Waals surface area contributed by atoms with E-state index in [-0.39, 0.29) is 19.0 Å². The van der Waals surface area contributed by atoms with Gasteiger partial charge in [-0.3, -0.25) is 0 Å². The van der Waals surface area contributed by atoms with Crippen LogP contribution in [0.3, 0.4) is 0 Å². The Morgan fingerprint density at radius 2 is 2.06 bits per heavy atom. The van der Waals surface area contributed by atoms with Crippen LogP contribution in [0.1, 0.15) is 24.2 Å². The number of phenols is 1. The van der Waals surface area contributed by atoms with Gasteiger partial charge in [0.15, 0.2) is 0 Å². The quantitative estimate of drug-likeness (QED) is 0.419. The van der Waals surface area contributed by atoms with Crippen LogP contribution in [-0.4, -0.2) is 63.7 Å². The molecule has 0 saturated carbocycles. The zero-order valence-corrected chi connectivity index (χ0v) is 18.3. The van der Waals surface area contributed by atoms with E-state index < -0.39 is 6.10 Å². The predicted molar refractivity (Wildman–Crippen MR) is 121 cm³/mol. The van der Waals surface area contributed by atoms with Crippen LogP contribution in [0.5, 0.6) is 11.5 Å². The molecule has 2 aromatic heterocycles. The molecule has 1 saturated heterocycles. The van der Waals surface area contributed by atoms with Crippen molar-refractivity contribution in [3.8, 4) is 11.5 Å². The molecule has 0 aliphatic carbocycles. The summed E-state index contributed by atoms with van der Waals surface area (Å²) in [5.41, 5.74) is 0.399. The zero-order chi connectivity index (χ0) is 21.8. The first-order chi connectivity index (χ1) is 15.0. The number of piperidine rings is 1. The number of thiophene rings is 1. The van der Waals surface area contributed by atoms with Crippen LogP contribution >= 0.6 is 11.3 Å². The molecule has 166 valence electrons. The largest absolute Gasteiger partial charge is 0.508 e. The summed E-state index contributed by atoms with van der Waals surface area (Å²) in [5.74, 6) is 2.36. The maximum atomic E-state index is 10.3. The molecule has 31 heavy (non-hydrogen) atoms.